The molecule has 2 rings (SSSR count). The molecule has 1 aliphatic heterocycles. The molecule has 0 radical (unpaired) electrons. The Bertz CT molecular complexity index is 412. The predicted molar refractivity (Wildman–Crippen MR) is 79.5 cm³/mol. The SMILES string of the molecule is CCC(C)(C(Cc1nnn(C)n1)NC)N1CCCCC1. The van der Waals surface area contributed by atoms with Crippen LogP contribution in [0.5, 0.6) is 0 Å². The van der Waals surface area contributed by atoms with E-state index in [1.54, 1.807) is 0 Å². The summed E-state index contributed by atoms with van der Waals surface area (Å²) in [7, 11) is 3.85. The van der Waals surface area contributed by atoms with Crippen molar-refractivity contribution in [3.05, 3.63) is 5.82 Å². The Morgan fingerprint density at radius 3 is 2.50 bits per heavy atom. The molecule has 1 aliphatic rings. The van der Waals surface area contributed by atoms with Gasteiger partial charge in [-0.05, 0) is 51.5 Å². The second kappa shape index (κ2) is 6.63. The molecule has 2 heterocycles. The molecule has 20 heavy (non-hydrogen) atoms. The number of aryl methyl sites for hydroxylation is 1. The number of likely N-dealkylation sites (N-methyl/N-ethyl adjacent to an activating group) is 1. The molecule has 1 N–H and O–H groups in total. The zero-order chi connectivity index (χ0) is 14.6. The first kappa shape index (κ1) is 15.4. The van der Waals surface area contributed by atoms with Gasteiger partial charge in [-0.15, -0.1) is 10.2 Å². The van der Waals surface area contributed by atoms with Gasteiger partial charge in [-0.2, -0.15) is 4.80 Å². The molecule has 0 aliphatic carbocycles. The Morgan fingerprint density at radius 1 is 1.30 bits per heavy atom. The van der Waals surface area contributed by atoms with E-state index in [0.29, 0.717) is 6.04 Å². The fraction of sp³-hybridized carbons (Fsp3) is 0.929. The van der Waals surface area contributed by atoms with Crippen molar-refractivity contribution in [1.82, 2.24) is 30.4 Å². The van der Waals surface area contributed by atoms with Gasteiger partial charge < -0.3 is 5.32 Å². The molecule has 1 saturated heterocycles. The predicted octanol–water partition coefficient (Wildman–Crippen LogP) is 0.995. The molecule has 1 aromatic heterocycles. The van der Waals surface area contributed by atoms with Crippen LogP contribution in [0.15, 0.2) is 0 Å². The summed E-state index contributed by atoms with van der Waals surface area (Å²) in [5.41, 5.74) is 0.147. The van der Waals surface area contributed by atoms with Gasteiger partial charge in [-0.1, -0.05) is 13.3 Å². The average Bonchev–Trinajstić information content (AvgIpc) is 2.90. The maximum Gasteiger partial charge on any atom is 0.176 e. The highest BCUT2D eigenvalue weighted by Gasteiger charge is 2.38. The summed E-state index contributed by atoms with van der Waals surface area (Å²) in [5, 5.41) is 15.9. The molecule has 6 heteroatoms. The fourth-order valence-electron chi connectivity index (χ4n) is 3.32. The highest BCUT2D eigenvalue weighted by molar-refractivity contribution is 5.01. The highest BCUT2D eigenvalue weighted by Crippen LogP contribution is 2.28. The lowest BCUT2D eigenvalue weighted by Crippen LogP contribution is -2.60. The maximum absolute atomic E-state index is 4.33. The molecule has 114 valence electrons. The Kier molecular flexibility index (Phi) is 5.10. The largest absolute Gasteiger partial charge is 0.315 e. The molecule has 0 aromatic carbocycles. The molecule has 6 nitrogen and oxygen atoms in total. The number of hydrogen-bond acceptors (Lipinski definition) is 5. The van der Waals surface area contributed by atoms with Crippen LogP contribution < -0.4 is 5.32 Å². The Hall–Kier alpha value is -1.01. The van der Waals surface area contributed by atoms with Crippen LogP contribution in [0, 0.1) is 0 Å². The molecule has 0 saturated carbocycles. The van der Waals surface area contributed by atoms with Crippen molar-refractivity contribution in [2.24, 2.45) is 7.05 Å². The van der Waals surface area contributed by atoms with E-state index >= 15 is 0 Å². The monoisotopic (exact) mass is 280 g/mol. The van der Waals surface area contributed by atoms with Crippen molar-refractivity contribution in [3.63, 3.8) is 0 Å². The van der Waals surface area contributed by atoms with Gasteiger partial charge in [0.2, 0.25) is 0 Å². The zero-order valence-corrected chi connectivity index (χ0v) is 13.3. The van der Waals surface area contributed by atoms with Gasteiger partial charge in [0.1, 0.15) is 0 Å². The van der Waals surface area contributed by atoms with Crippen LogP contribution in [-0.2, 0) is 13.5 Å². The van der Waals surface area contributed by atoms with E-state index in [1.165, 1.54) is 37.1 Å². The summed E-state index contributed by atoms with van der Waals surface area (Å²) >= 11 is 0. The van der Waals surface area contributed by atoms with E-state index in [0.717, 1.165) is 18.7 Å². The first-order chi connectivity index (χ1) is 9.60. The van der Waals surface area contributed by atoms with Gasteiger partial charge in [0.05, 0.1) is 7.05 Å². The molecule has 0 amide bonds. The number of piperidine rings is 1. The summed E-state index contributed by atoms with van der Waals surface area (Å²) in [4.78, 5) is 4.18. The van der Waals surface area contributed by atoms with Crippen LogP contribution in [0.3, 0.4) is 0 Å². The van der Waals surface area contributed by atoms with Crippen molar-refractivity contribution in [3.8, 4) is 0 Å². The number of tetrazole rings is 1. The van der Waals surface area contributed by atoms with Crippen molar-refractivity contribution in [2.75, 3.05) is 20.1 Å². The number of rotatable bonds is 6. The van der Waals surface area contributed by atoms with Crippen LogP contribution in [0.1, 0.15) is 45.4 Å². The fourth-order valence-corrected chi connectivity index (χ4v) is 3.32. The van der Waals surface area contributed by atoms with Gasteiger partial charge in [0.25, 0.3) is 0 Å². The summed E-state index contributed by atoms with van der Waals surface area (Å²) in [5.74, 6) is 0.823. The topological polar surface area (TPSA) is 58.9 Å². The molecular formula is C14H28N6. The highest BCUT2D eigenvalue weighted by atomic mass is 15.6. The van der Waals surface area contributed by atoms with Crippen LogP contribution >= 0.6 is 0 Å². The van der Waals surface area contributed by atoms with Gasteiger partial charge >= 0.3 is 0 Å². The van der Waals surface area contributed by atoms with E-state index in [2.05, 4.69) is 39.5 Å². The number of hydrogen-bond donors (Lipinski definition) is 1. The molecule has 1 aromatic rings. The lowest BCUT2D eigenvalue weighted by molar-refractivity contribution is 0.0447. The minimum atomic E-state index is 0.147. The normalized spacial score (nSPS) is 21.6. The summed E-state index contributed by atoms with van der Waals surface area (Å²) < 4.78 is 0. The number of nitrogens with zero attached hydrogens (tertiary/aromatic N) is 5. The van der Waals surface area contributed by atoms with E-state index in [9.17, 15) is 0 Å². The summed E-state index contributed by atoms with van der Waals surface area (Å²) in [6, 6.07) is 0.342. The zero-order valence-electron chi connectivity index (χ0n) is 13.3. The summed E-state index contributed by atoms with van der Waals surface area (Å²) in [6.45, 7) is 7.06. The third-order valence-electron chi connectivity index (χ3n) is 4.83. The van der Waals surface area contributed by atoms with E-state index in [4.69, 9.17) is 0 Å². The van der Waals surface area contributed by atoms with Gasteiger partial charge in [0.15, 0.2) is 5.82 Å². The van der Waals surface area contributed by atoms with Gasteiger partial charge in [-0.3, -0.25) is 4.90 Å². The third kappa shape index (κ3) is 3.17. The van der Waals surface area contributed by atoms with Gasteiger partial charge in [-0.25, -0.2) is 0 Å². The minimum absolute atomic E-state index is 0.147. The second-order valence-electron chi connectivity index (χ2n) is 6.00. The van der Waals surface area contributed by atoms with E-state index in [-0.39, 0.29) is 5.54 Å². The summed E-state index contributed by atoms with van der Waals surface area (Å²) in [6.07, 6.45) is 5.95. The smallest absolute Gasteiger partial charge is 0.176 e. The molecule has 2 atom stereocenters. The van der Waals surface area contributed by atoms with Crippen molar-refractivity contribution in [1.29, 1.82) is 0 Å². The third-order valence-corrected chi connectivity index (χ3v) is 4.83. The van der Waals surface area contributed by atoms with Crippen molar-refractivity contribution < 1.29 is 0 Å². The van der Waals surface area contributed by atoms with Crippen LogP contribution in [0.4, 0.5) is 0 Å². The second-order valence-corrected chi connectivity index (χ2v) is 6.00. The average molecular weight is 280 g/mol. The molecular weight excluding hydrogens is 252 g/mol. The van der Waals surface area contributed by atoms with Crippen LogP contribution in [0.2, 0.25) is 0 Å². The van der Waals surface area contributed by atoms with Crippen LogP contribution in [0.25, 0.3) is 0 Å². The Morgan fingerprint density at radius 2 is 2.00 bits per heavy atom. The number of nitrogens with one attached hydrogen (secondary N) is 1. The van der Waals surface area contributed by atoms with Crippen molar-refractivity contribution >= 4 is 0 Å². The number of aromatic nitrogens is 4. The maximum atomic E-state index is 4.33. The quantitative estimate of drug-likeness (QED) is 0.842. The minimum Gasteiger partial charge on any atom is -0.315 e. The first-order valence-corrected chi connectivity index (χ1v) is 7.75. The Balaban J connectivity index is 2.12. The standard InChI is InChI=1S/C14H28N6/c1-5-14(2,20-9-7-6-8-10-20)12(15-3)11-13-16-18-19(4)17-13/h12,15H,5-11H2,1-4H3. The molecule has 1 fully saturated rings. The lowest BCUT2D eigenvalue weighted by Gasteiger charge is -2.47. The Labute approximate surface area is 121 Å². The molecule has 0 bridgehead atoms. The number of likely N-dealkylation sites (tertiary alicyclic amines) is 1. The van der Waals surface area contributed by atoms with Gasteiger partial charge in [0, 0.05) is 18.0 Å². The van der Waals surface area contributed by atoms with E-state index < -0.39 is 0 Å². The lowest BCUT2D eigenvalue weighted by atomic mass is 9.83. The first-order valence-electron chi connectivity index (χ1n) is 7.75. The van der Waals surface area contributed by atoms with Crippen LogP contribution in [-0.4, -0.2) is 56.8 Å². The molecule has 0 spiro atoms. The molecule has 2 unspecified atom stereocenters. The van der Waals surface area contributed by atoms with E-state index in [1.807, 2.05) is 14.1 Å². The van der Waals surface area contributed by atoms with Crippen molar-refractivity contribution in [2.45, 2.75) is 57.5 Å².